The van der Waals surface area contributed by atoms with Crippen molar-refractivity contribution < 1.29 is 23.5 Å². The molecule has 0 fully saturated rings. The molecule has 0 bridgehead atoms. The first-order valence-corrected chi connectivity index (χ1v) is 9.49. The van der Waals surface area contributed by atoms with E-state index in [1.165, 1.54) is 12.5 Å². The van der Waals surface area contributed by atoms with E-state index in [1.54, 1.807) is 44.2 Å². The van der Waals surface area contributed by atoms with Gasteiger partial charge in [0.1, 0.15) is 11.5 Å². The SMILES string of the molecule is CC(C)NC(=O)C(=O)N/N=C\c1cc(Br)ccc1OCC(=O)NCc1ccco1. The summed E-state index contributed by atoms with van der Waals surface area (Å²) >= 11 is 3.34. The highest BCUT2D eigenvalue weighted by molar-refractivity contribution is 9.10. The van der Waals surface area contributed by atoms with Crippen LogP contribution in [0.25, 0.3) is 0 Å². The number of ether oxygens (including phenoxy) is 1. The molecule has 1 aromatic heterocycles. The number of amides is 3. The smallest absolute Gasteiger partial charge is 0.329 e. The Bertz CT molecular complexity index is 881. The highest BCUT2D eigenvalue weighted by Crippen LogP contribution is 2.21. The Morgan fingerprint density at radius 1 is 1.24 bits per heavy atom. The van der Waals surface area contributed by atoms with Gasteiger partial charge in [0.15, 0.2) is 6.61 Å². The number of nitrogens with zero attached hydrogens (tertiary/aromatic N) is 1. The summed E-state index contributed by atoms with van der Waals surface area (Å²) in [5, 5.41) is 8.90. The van der Waals surface area contributed by atoms with Crippen molar-refractivity contribution in [1.29, 1.82) is 0 Å². The maximum atomic E-state index is 11.9. The Labute approximate surface area is 176 Å². The second-order valence-corrected chi connectivity index (χ2v) is 7.07. The Kier molecular flexibility index (Phi) is 8.41. The number of benzene rings is 1. The highest BCUT2D eigenvalue weighted by Gasteiger charge is 2.13. The molecule has 0 spiro atoms. The molecule has 0 aliphatic rings. The van der Waals surface area contributed by atoms with Gasteiger partial charge in [0.05, 0.1) is 19.0 Å². The van der Waals surface area contributed by atoms with Gasteiger partial charge in [0.2, 0.25) is 0 Å². The van der Waals surface area contributed by atoms with Gasteiger partial charge in [-0.1, -0.05) is 15.9 Å². The number of hydrogen-bond donors (Lipinski definition) is 3. The van der Waals surface area contributed by atoms with Gasteiger partial charge in [-0.2, -0.15) is 5.10 Å². The number of hydrogen-bond acceptors (Lipinski definition) is 6. The van der Waals surface area contributed by atoms with Crippen LogP contribution >= 0.6 is 15.9 Å². The van der Waals surface area contributed by atoms with E-state index in [4.69, 9.17) is 9.15 Å². The fourth-order valence-corrected chi connectivity index (χ4v) is 2.46. The summed E-state index contributed by atoms with van der Waals surface area (Å²) in [5.74, 6) is -0.982. The molecule has 0 unspecified atom stereocenters. The van der Waals surface area contributed by atoms with Crippen LogP contribution in [0.15, 0.2) is 50.6 Å². The van der Waals surface area contributed by atoms with E-state index in [1.807, 2.05) is 0 Å². The van der Waals surface area contributed by atoms with E-state index in [9.17, 15) is 14.4 Å². The molecule has 29 heavy (non-hydrogen) atoms. The number of nitrogens with one attached hydrogen (secondary N) is 3. The quantitative estimate of drug-likeness (QED) is 0.311. The molecule has 1 aromatic carbocycles. The number of rotatable bonds is 8. The van der Waals surface area contributed by atoms with Crippen LogP contribution in [0.2, 0.25) is 0 Å². The van der Waals surface area contributed by atoms with Crippen molar-refractivity contribution in [2.75, 3.05) is 6.61 Å². The summed E-state index contributed by atoms with van der Waals surface area (Å²) in [7, 11) is 0. The van der Waals surface area contributed by atoms with Crippen LogP contribution in [0.4, 0.5) is 0 Å². The van der Waals surface area contributed by atoms with Gasteiger partial charge in [-0.3, -0.25) is 14.4 Å². The minimum absolute atomic E-state index is 0.166. The third kappa shape index (κ3) is 7.78. The minimum atomic E-state index is -0.885. The van der Waals surface area contributed by atoms with Crippen molar-refractivity contribution in [3.63, 3.8) is 0 Å². The van der Waals surface area contributed by atoms with E-state index in [0.29, 0.717) is 17.1 Å². The van der Waals surface area contributed by atoms with E-state index in [2.05, 4.69) is 37.1 Å². The predicted molar refractivity (Wildman–Crippen MR) is 109 cm³/mol. The molecular weight excluding hydrogens is 444 g/mol. The highest BCUT2D eigenvalue weighted by atomic mass is 79.9. The van der Waals surface area contributed by atoms with E-state index in [0.717, 1.165) is 4.47 Å². The summed E-state index contributed by atoms with van der Waals surface area (Å²) in [6.07, 6.45) is 2.85. The molecule has 2 rings (SSSR count). The lowest BCUT2D eigenvalue weighted by Crippen LogP contribution is -2.41. The van der Waals surface area contributed by atoms with Crippen LogP contribution in [-0.4, -0.2) is 36.6 Å². The maximum absolute atomic E-state index is 11.9. The average molecular weight is 465 g/mol. The van der Waals surface area contributed by atoms with E-state index >= 15 is 0 Å². The molecule has 0 radical (unpaired) electrons. The number of carbonyl (C=O) groups excluding carboxylic acids is 3. The van der Waals surface area contributed by atoms with Crippen molar-refractivity contribution >= 4 is 39.9 Å². The number of furan rings is 1. The molecule has 0 saturated heterocycles. The molecule has 154 valence electrons. The van der Waals surface area contributed by atoms with Crippen molar-refractivity contribution in [1.82, 2.24) is 16.1 Å². The summed E-state index contributed by atoms with van der Waals surface area (Å²) in [6.45, 7) is 3.52. The second-order valence-electron chi connectivity index (χ2n) is 6.15. The first-order chi connectivity index (χ1) is 13.8. The lowest BCUT2D eigenvalue weighted by atomic mass is 10.2. The van der Waals surface area contributed by atoms with Crippen LogP contribution < -0.4 is 20.8 Å². The van der Waals surface area contributed by atoms with Crippen molar-refractivity contribution in [3.05, 3.63) is 52.4 Å². The summed E-state index contributed by atoms with van der Waals surface area (Å²) in [4.78, 5) is 35.2. The molecule has 0 aliphatic heterocycles. The molecule has 3 N–H and O–H groups in total. The second kappa shape index (κ2) is 11.0. The van der Waals surface area contributed by atoms with E-state index in [-0.39, 0.29) is 25.1 Å². The molecule has 9 nitrogen and oxygen atoms in total. The van der Waals surface area contributed by atoms with Crippen LogP contribution in [0.1, 0.15) is 25.2 Å². The molecule has 0 saturated carbocycles. The lowest BCUT2D eigenvalue weighted by Gasteiger charge is -2.10. The Hall–Kier alpha value is -3.14. The van der Waals surface area contributed by atoms with E-state index < -0.39 is 11.8 Å². The minimum Gasteiger partial charge on any atom is -0.483 e. The molecule has 0 aliphatic carbocycles. The topological polar surface area (TPSA) is 122 Å². The number of carbonyl (C=O) groups is 3. The zero-order chi connectivity index (χ0) is 21.2. The third-order valence-corrected chi connectivity index (χ3v) is 3.86. The molecular formula is C19H21BrN4O5. The monoisotopic (exact) mass is 464 g/mol. The average Bonchev–Trinajstić information content (AvgIpc) is 3.18. The molecule has 3 amide bonds. The number of hydrazone groups is 1. The van der Waals surface area contributed by atoms with Crippen molar-refractivity contribution in [3.8, 4) is 5.75 Å². The van der Waals surface area contributed by atoms with Crippen LogP contribution in [0, 0.1) is 0 Å². The summed E-state index contributed by atoms with van der Waals surface area (Å²) < 4.78 is 11.4. The summed E-state index contributed by atoms with van der Waals surface area (Å²) in [6, 6.07) is 8.40. The molecule has 10 heteroatoms. The molecule has 2 aromatic rings. The largest absolute Gasteiger partial charge is 0.483 e. The first kappa shape index (κ1) is 22.2. The Balaban J connectivity index is 1.91. The maximum Gasteiger partial charge on any atom is 0.329 e. The standard InChI is InChI=1S/C19H21BrN4O5/c1-12(2)23-18(26)19(27)24-22-9-13-8-14(20)5-6-16(13)29-11-17(25)21-10-15-4-3-7-28-15/h3-9,12H,10-11H2,1-2H3,(H,21,25)(H,23,26)(H,24,27)/b22-9-. The number of halogens is 1. The third-order valence-electron chi connectivity index (χ3n) is 3.37. The van der Waals surface area contributed by atoms with Crippen molar-refractivity contribution in [2.45, 2.75) is 26.4 Å². The van der Waals surface area contributed by atoms with Crippen LogP contribution in [0.5, 0.6) is 5.75 Å². The Morgan fingerprint density at radius 2 is 2.03 bits per heavy atom. The van der Waals surface area contributed by atoms with Crippen LogP contribution in [-0.2, 0) is 20.9 Å². The lowest BCUT2D eigenvalue weighted by molar-refractivity contribution is -0.139. The van der Waals surface area contributed by atoms with Gasteiger partial charge in [0.25, 0.3) is 5.91 Å². The Morgan fingerprint density at radius 3 is 2.72 bits per heavy atom. The van der Waals surface area contributed by atoms with Gasteiger partial charge in [-0.05, 0) is 44.2 Å². The molecule has 1 heterocycles. The zero-order valence-corrected chi connectivity index (χ0v) is 17.5. The van der Waals surface area contributed by atoms with Crippen molar-refractivity contribution in [2.24, 2.45) is 5.10 Å². The van der Waals surface area contributed by atoms with Crippen LogP contribution in [0.3, 0.4) is 0 Å². The van der Waals surface area contributed by atoms with Gasteiger partial charge in [0, 0.05) is 16.1 Å². The summed E-state index contributed by atoms with van der Waals surface area (Å²) in [5.41, 5.74) is 2.64. The first-order valence-electron chi connectivity index (χ1n) is 8.70. The van der Waals surface area contributed by atoms with Gasteiger partial charge in [-0.25, -0.2) is 5.43 Å². The fourth-order valence-electron chi connectivity index (χ4n) is 2.08. The van der Waals surface area contributed by atoms with Gasteiger partial charge in [-0.15, -0.1) is 0 Å². The zero-order valence-electron chi connectivity index (χ0n) is 15.9. The predicted octanol–water partition coefficient (Wildman–Crippen LogP) is 1.71. The normalized spacial score (nSPS) is 10.8. The molecule has 0 atom stereocenters. The van der Waals surface area contributed by atoms with Gasteiger partial charge < -0.3 is 19.8 Å². The fraction of sp³-hybridized carbons (Fsp3) is 0.263. The van der Waals surface area contributed by atoms with Gasteiger partial charge >= 0.3 is 11.8 Å².